The van der Waals surface area contributed by atoms with E-state index < -0.39 is 11.9 Å². The molecule has 0 amide bonds. The Labute approximate surface area is 99.0 Å². The minimum Gasteiger partial charge on any atom is -0.396 e. The monoisotopic (exact) mass is 259 g/mol. The summed E-state index contributed by atoms with van der Waals surface area (Å²) in [6, 6.07) is 0.829. The van der Waals surface area contributed by atoms with Gasteiger partial charge in [0.25, 0.3) is 0 Å². The molecule has 6 nitrogen and oxygen atoms in total. The average Bonchev–Trinajstić information content (AvgIpc) is 2.79. The number of aromatic nitrogens is 3. The van der Waals surface area contributed by atoms with Crippen molar-refractivity contribution in [2.75, 3.05) is 11.1 Å². The lowest BCUT2D eigenvalue weighted by Crippen LogP contribution is -2.11. The molecular weight excluding hydrogens is 251 g/mol. The summed E-state index contributed by atoms with van der Waals surface area (Å²) in [7, 11) is 0. The van der Waals surface area contributed by atoms with Gasteiger partial charge in [-0.25, -0.2) is 4.98 Å². The van der Waals surface area contributed by atoms with Crippen molar-refractivity contribution in [2.45, 2.75) is 12.7 Å². The largest absolute Gasteiger partial charge is 0.433 e. The lowest BCUT2D eigenvalue weighted by molar-refractivity contribution is -0.141. The molecule has 0 aliphatic carbocycles. The van der Waals surface area contributed by atoms with Crippen molar-refractivity contribution >= 4 is 11.4 Å². The first kappa shape index (κ1) is 12.1. The molecule has 0 aliphatic rings. The molecule has 0 fully saturated rings. The third-order valence-corrected chi connectivity index (χ3v) is 2.07. The van der Waals surface area contributed by atoms with Crippen LogP contribution in [-0.2, 0) is 12.7 Å². The van der Waals surface area contributed by atoms with Gasteiger partial charge in [0, 0.05) is 0 Å². The van der Waals surface area contributed by atoms with Crippen molar-refractivity contribution in [1.82, 2.24) is 15.1 Å². The molecule has 2 rings (SSSR count). The highest BCUT2D eigenvalue weighted by Gasteiger charge is 2.32. The summed E-state index contributed by atoms with van der Waals surface area (Å²) in [6.07, 6.45) is -2.45. The Morgan fingerprint density at radius 2 is 2.11 bits per heavy atom. The van der Waals surface area contributed by atoms with Crippen molar-refractivity contribution in [1.29, 1.82) is 0 Å². The zero-order chi connectivity index (χ0) is 13.2. The minimum atomic E-state index is -4.52. The van der Waals surface area contributed by atoms with E-state index in [0.29, 0.717) is 5.82 Å². The predicted octanol–water partition coefficient (Wildman–Crippen LogP) is 1.68. The van der Waals surface area contributed by atoms with E-state index in [1.54, 1.807) is 0 Å². The van der Waals surface area contributed by atoms with Crippen LogP contribution in [0.15, 0.2) is 23.2 Å². The Kier molecular flexibility index (Phi) is 3.04. The standard InChI is InChI=1S/C9H8F3N5O/c10-9(11,12)7-1-6(5(13)2-15-7)14-3-8-16-4-18-17-8/h1-2,4H,3,13H2,(H,14,15). The number of rotatable bonds is 3. The number of nitrogen functional groups attached to an aromatic ring is 1. The Hall–Kier alpha value is -2.32. The number of nitrogens with two attached hydrogens (primary N) is 1. The molecule has 0 saturated heterocycles. The van der Waals surface area contributed by atoms with Gasteiger partial charge in [-0.1, -0.05) is 5.16 Å². The van der Waals surface area contributed by atoms with Crippen molar-refractivity contribution in [3.8, 4) is 0 Å². The molecule has 96 valence electrons. The number of nitrogens with one attached hydrogen (secondary N) is 1. The second-order valence-electron chi connectivity index (χ2n) is 3.36. The van der Waals surface area contributed by atoms with E-state index >= 15 is 0 Å². The first-order valence-corrected chi connectivity index (χ1v) is 4.78. The van der Waals surface area contributed by atoms with Gasteiger partial charge in [-0.05, 0) is 6.07 Å². The van der Waals surface area contributed by atoms with Crippen LogP contribution >= 0.6 is 0 Å². The quantitative estimate of drug-likeness (QED) is 0.871. The fourth-order valence-electron chi connectivity index (χ4n) is 1.22. The fraction of sp³-hybridized carbons (Fsp3) is 0.222. The third-order valence-electron chi connectivity index (χ3n) is 2.07. The Morgan fingerprint density at radius 1 is 1.33 bits per heavy atom. The molecule has 0 aromatic carbocycles. The van der Waals surface area contributed by atoms with Crippen LogP contribution in [0.25, 0.3) is 0 Å². The molecule has 2 aromatic heterocycles. The van der Waals surface area contributed by atoms with Crippen LogP contribution < -0.4 is 11.1 Å². The van der Waals surface area contributed by atoms with Crippen LogP contribution in [0.5, 0.6) is 0 Å². The predicted molar refractivity (Wildman–Crippen MR) is 55.3 cm³/mol. The van der Waals surface area contributed by atoms with Crippen molar-refractivity contribution in [2.24, 2.45) is 0 Å². The van der Waals surface area contributed by atoms with Crippen molar-refractivity contribution in [3.05, 3.63) is 30.2 Å². The molecule has 0 aliphatic heterocycles. The second-order valence-corrected chi connectivity index (χ2v) is 3.36. The van der Waals surface area contributed by atoms with E-state index in [4.69, 9.17) is 5.73 Å². The lowest BCUT2D eigenvalue weighted by atomic mass is 10.2. The Balaban J connectivity index is 2.16. The molecule has 0 spiro atoms. The van der Waals surface area contributed by atoms with Gasteiger partial charge in [0.05, 0.1) is 24.1 Å². The van der Waals surface area contributed by atoms with Gasteiger partial charge in [0.15, 0.2) is 5.82 Å². The number of halogens is 3. The van der Waals surface area contributed by atoms with E-state index in [0.717, 1.165) is 18.7 Å². The van der Waals surface area contributed by atoms with Crippen LogP contribution in [-0.4, -0.2) is 15.1 Å². The van der Waals surface area contributed by atoms with Crippen LogP contribution in [0.3, 0.4) is 0 Å². The second kappa shape index (κ2) is 4.51. The number of alkyl halides is 3. The summed E-state index contributed by atoms with van der Waals surface area (Å²) in [5, 5.41) is 6.18. The molecule has 0 saturated carbocycles. The molecule has 9 heteroatoms. The SMILES string of the molecule is Nc1cnc(C(F)(F)F)cc1NCc1ncon1. The molecular formula is C9H8F3N5O. The number of pyridine rings is 1. The van der Waals surface area contributed by atoms with Crippen LogP contribution in [0, 0.1) is 0 Å². The molecule has 0 atom stereocenters. The van der Waals surface area contributed by atoms with E-state index in [1.807, 2.05) is 0 Å². The summed E-state index contributed by atoms with van der Waals surface area (Å²) in [5.41, 5.74) is 4.71. The molecule has 2 heterocycles. The molecule has 3 N–H and O–H groups in total. The van der Waals surface area contributed by atoms with E-state index in [9.17, 15) is 13.2 Å². The number of hydrogen-bond donors (Lipinski definition) is 2. The van der Waals surface area contributed by atoms with Gasteiger partial charge in [-0.15, -0.1) is 0 Å². The molecule has 0 radical (unpaired) electrons. The Morgan fingerprint density at radius 3 is 2.72 bits per heavy atom. The summed E-state index contributed by atoms with van der Waals surface area (Å²) in [4.78, 5) is 6.93. The molecule has 18 heavy (non-hydrogen) atoms. The average molecular weight is 259 g/mol. The number of nitrogens with zero attached hydrogens (tertiary/aromatic N) is 3. The maximum atomic E-state index is 12.4. The third kappa shape index (κ3) is 2.67. The normalized spacial score (nSPS) is 11.5. The fourth-order valence-corrected chi connectivity index (χ4v) is 1.22. The maximum Gasteiger partial charge on any atom is 0.433 e. The maximum absolute atomic E-state index is 12.4. The van der Waals surface area contributed by atoms with Gasteiger partial charge in [0.2, 0.25) is 6.39 Å². The zero-order valence-electron chi connectivity index (χ0n) is 8.90. The van der Waals surface area contributed by atoms with Gasteiger partial charge in [-0.3, -0.25) is 0 Å². The first-order chi connectivity index (χ1) is 8.47. The molecule has 0 unspecified atom stereocenters. The molecule has 0 bridgehead atoms. The summed E-state index contributed by atoms with van der Waals surface area (Å²) in [6.45, 7) is 0.0992. The van der Waals surface area contributed by atoms with E-state index in [1.165, 1.54) is 0 Å². The summed E-state index contributed by atoms with van der Waals surface area (Å²) >= 11 is 0. The smallest absolute Gasteiger partial charge is 0.396 e. The first-order valence-electron chi connectivity index (χ1n) is 4.78. The van der Waals surface area contributed by atoms with Crippen LogP contribution in [0.2, 0.25) is 0 Å². The minimum absolute atomic E-state index is 0.0992. The highest BCUT2D eigenvalue weighted by atomic mass is 19.4. The highest BCUT2D eigenvalue weighted by molar-refractivity contribution is 5.65. The van der Waals surface area contributed by atoms with Gasteiger partial charge >= 0.3 is 6.18 Å². The van der Waals surface area contributed by atoms with Crippen LogP contribution in [0.4, 0.5) is 24.5 Å². The van der Waals surface area contributed by atoms with E-state index in [-0.39, 0.29) is 17.9 Å². The highest BCUT2D eigenvalue weighted by Crippen LogP contribution is 2.31. The topological polar surface area (TPSA) is 89.9 Å². The molecule has 2 aromatic rings. The summed E-state index contributed by atoms with van der Waals surface area (Å²) in [5.74, 6) is 0.305. The summed E-state index contributed by atoms with van der Waals surface area (Å²) < 4.78 is 41.8. The Bertz CT molecular complexity index is 525. The van der Waals surface area contributed by atoms with Gasteiger partial charge < -0.3 is 15.6 Å². The number of anilines is 2. The lowest BCUT2D eigenvalue weighted by Gasteiger charge is -2.11. The van der Waals surface area contributed by atoms with Gasteiger partial charge in [0.1, 0.15) is 5.69 Å². The van der Waals surface area contributed by atoms with E-state index in [2.05, 4.69) is 25.0 Å². The number of hydrogen-bond acceptors (Lipinski definition) is 6. The van der Waals surface area contributed by atoms with Crippen LogP contribution in [0.1, 0.15) is 11.5 Å². The van der Waals surface area contributed by atoms with Crippen molar-refractivity contribution < 1.29 is 17.7 Å². The van der Waals surface area contributed by atoms with Gasteiger partial charge in [-0.2, -0.15) is 18.2 Å². The zero-order valence-corrected chi connectivity index (χ0v) is 8.90. The van der Waals surface area contributed by atoms with Crippen molar-refractivity contribution in [3.63, 3.8) is 0 Å².